The largest absolute Gasteiger partial charge is 0.455 e. The van der Waals surface area contributed by atoms with Gasteiger partial charge in [0.25, 0.3) is 0 Å². The summed E-state index contributed by atoms with van der Waals surface area (Å²) >= 11 is 0. The van der Waals surface area contributed by atoms with Gasteiger partial charge in [-0.3, -0.25) is 0 Å². The third-order valence-corrected chi connectivity index (χ3v) is 10.5. The van der Waals surface area contributed by atoms with Crippen LogP contribution < -0.4 is 0 Å². The zero-order valence-electron chi connectivity index (χ0n) is 29.0. The first kappa shape index (κ1) is 30.8. The fraction of sp³-hybridized carbons (Fsp3) is 0. The van der Waals surface area contributed by atoms with Crippen LogP contribution in [0.1, 0.15) is 0 Å². The van der Waals surface area contributed by atoms with Crippen molar-refractivity contribution in [3.63, 3.8) is 0 Å². The molecular weight excluding hydrogens is 641 g/mol. The van der Waals surface area contributed by atoms with Gasteiger partial charge in [0.15, 0.2) is 0 Å². The molecule has 0 spiro atoms. The van der Waals surface area contributed by atoms with E-state index in [2.05, 4.69) is 200 Å². The highest BCUT2D eigenvalue weighted by Gasteiger charge is 2.22. The normalized spacial score (nSPS) is 11.4. The molecule has 9 aromatic carbocycles. The van der Waals surface area contributed by atoms with E-state index in [0.717, 1.165) is 44.5 Å². The van der Waals surface area contributed by atoms with Crippen LogP contribution in [-0.2, 0) is 0 Å². The van der Waals surface area contributed by atoms with Crippen LogP contribution >= 0.6 is 0 Å². The molecule has 0 amide bonds. The molecule has 53 heavy (non-hydrogen) atoms. The summed E-state index contributed by atoms with van der Waals surface area (Å²) in [5.41, 5.74) is 13.8. The highest BCUT2D eigenvalue weighted by Crippen LogP contribution is 2.47. The molecule has 0 atom stereocenters. The van der Waals surface area contributed by atoms with E-state index in [0.29, 0.717) is 0 Å². The molecule has 0 aliphatic heterocycles. The Morgan fingerprint density at radius 1 is 0.264 bits per heavy atom. The predicted octanol–water partition coefficient (Wildman–Crippen LogP) is 14.7. The van der Waals surface area contributed by atoms with Crippen LogP contribution in [0.25, 0.3) is 99.5 Å². The Morgan fingerprint density at radius 2 is 0.717 bits per heavy atom. The summed E-state index contributed by atoms with van der Waals surface area (Å²) in [5, 5.41) is 6.13. The minimum absolute atomic E-state index is 0.879. The maximum Gasteiger partial charge on any atom is 0.143 e. The first-order valence-corrected chi connectivity index (χ1v) is 18.2. The number of hydrogen-bond donors (Lipinski definition) is 0. The molecule has 1 heteroatoms. The fourth-order valence-electron chi connectivity index (χ4n) is 8.12. The summed E-state index contributed by atoms with van der Waals surface area (Å²) in [5.74, 6) is 0.889. The van der Waals surface area contributed by atoms with Gasteiger partial charge in [-0.25, -0.2) is 0 Å². The molecule has 0 aliphatic carbocycles. The van der Waals surface area contributed by atoms with Crippen LogP contribution in [0, 0.1) is 0 Å². The van der Waals surface area contributed by atoms with E-state index in [-0.39, 0.29) is 0 Å². The second kappa shape index (κ2) is 13.0. The van der Waals surface area contributed by atoms with E-state index in [4.69, 9.17) is 4.42 Å². The summed E-state index contributed by atoms with van der Waals surface area (Å²) in [4.78, 5) is 0. The molecule has 248 valence electrons. The quantitative estimate of drug-likeness (QED) is 0.160. The minimum atomic E-state index is 0.879. The van der Waals surface area contributed by atoms with Crippen molar-refractivity contribution in [1.29, 1.82) is 0 Å². The molecule has 0 aliphatic rings. The van der Waals surface area contributed by atoms with Crippen molar-refractivity contribution in [3.05, 3.63) is 206 Å². The third kappa shape index (κ3) is 5.34. The number of fused-ring (bicyclic) bond motifs is 3. The molecule has 0 N–H and O–H groups in total. The van der Waals surface area contributed by atoms with Gasteiger partial charge >= 0.3 is 0 Å². The Balaban J connectivity index is 1.20. The van der Waals surface area contributed by atoms with E-state index < -0.39 is 0 Å². The number of benzene rings is 9. The molecule has 0 saturated heterocycles. The molecule has 0 unspecified atom stereocenters. The fourth-order valence-corrected chi connectivity index (χ4v) is 8.12. The Hall–Kier alpha value is -6.96. The first-order valence-electron chi connectivity index (χ1n) is 18.2. The molecule has 0 bridgehead atoms. The average molecular weight is 675 g/mol. The van der Waals surface area contributed by atoms with Crippen molar-refractivity contribution < 1.29 is 4.42 Å². The Bertz CT molecular complexity index is 2900. The van der Waals surface area contributed by atoms with Crippen LogP contribution in [0.3, 0.4) is 0 Å². The van der Waals surface area contributed by atoms with Crippen LogP contribution in [0.15, 0.2) is 211 Å². The van der Waals surface area contributed by atoms with Gasteiger partial charge in [0.1, 0.15) is 11.3 Å². The van der Waals surface area contributed by atoms with Gasteiger partial charge in [0.2, 0.25) is 0 Å². The maximum atomic E-state index is 6.70. The Kier molecular flexibility index (Phi) is 7.55. The van der Waals surface area contributed by atoms with Crippen molar-refractivity contribution >= 4 is 32.5 Å². The molecular formula is C52H34O. The smallest absolute Gasteiger partial charge is 0.143 e. The summed E-state index contributed by atoms with van der Waals surface area (Å²) < 4.78 is 6.70. The molecule has 1 nitrogen and oxygen atoms in total. The number of rotatable bonds is 6. The lowest BCUT2D eigenvalue weighted by Gasteiger charge is -2.19. The number of furan rings is 1. The van der Waals surface area contributed by atoms with Crippen LogP contribution in [0.5, 0.6) is 0 Å². The summed E-state index contributed by atoms with van der Waals surface area (Å²) in [6.07, 6.45) is 0. The molecule has 0 radical (unpaired) electrons. The highest BCUT2D eigenvalue weighted by atomic mass is 16.3. The van der Waals surface area contributed by atoms with Crippen molar-refractivity contribution in [3.8, 4) is 67.0 Å². The van der Waals surface area contributed by atoms with Crippen molar-refractivity contribution in [2.75, 3.05) is 0 Å². The topological polar surface area (TPSA) is 13.1 Å². The summed E-state index contributed by atoms with van der Waals surface area (Å²) in [6.45, 7) is 0. The number of hydrogen-bond acceptors (Lipinski definition) is 1. The van der Waals surface area contributed by atoms with Gasteiger partial charge < -0.3 is 4.42 Å². The Morgan fingerprint density at radius 3 is 1.34 bits per heavy atom. The van der Waals surface area contributed by atoms with Gasteiger partial charge in [0, 0.05) is 16.5 Å². The molecule has 10 aromatic rings. The van der Waals surface area contributed by atoms with E-state index in [1.807, 2.05) is 6.07 Å². The van der Waals surface area contributed by atoms with Gasteiger partial charge in [-0.05, 0) is 89.8 Å². The first-order chi connectivity index (χ1) is 26.3. The lowest BCUT2D eigenvalue weighted by Crippen LogP contribution is -1.91. The van der Waals surface area contributed by atoms with Crippen LogP contribution in [-0.4, -0.2) is 0 Å². The van der Waals surface area contributed by atoms with Crippen molar-refractivity contribution in [1.82, 2.24) is 0 Å². The average Bonchev–Trinajstić information content (AvgIpc) is 3.64. The van der Waals surface area contributed by atoms with Crippen molar-refractivity contribution in [2.24, 2.45) is 0 Å². The monoisotopic (exact) mass is 674 g/mol. The second-order valence-corrected chi connectivity index (χ2v) is 13.6. The van der Waals surface area contributed by atoms with E-state index in [9.17, 15) is 0 Å². The van der Waals surface area contributed by atoms with E-state index in [1.165, 1.54) is 54.9 Å². The van der Waals surface area contributed by atoms with Gasteiger partial charge in [0.05, 0.1) is 0 Å². The van der Waals surface area contributed by atoms with E-state index >= 15 is 0 Å². The SMILES string of the molecule is c1ccc(-c2oc3cccc(-c4cccc(-c5ccc6c(-c7ccccc7)c7ccccc7c(-c7ccccc7)c6c5)c4)c3c2-c2ccccc2)cc1. The molecule has 0 fully saturated rings. The maximum absolute atomic E-state index is 6.70. The zero-order chi connectivity index (χ0) is 35.1. The van der Waals surface area contributed by atoms with E-state index in [1.54, 1.807) is 0 Å². The predicted molar refractivity (Wildman–Crippen MR) is 224 cm³/mol. The van der Waals surface area contributed by atoms with Crippen LogP contribution in [0.2, 0.25) is 0 Å². The Labute approximate surface area is 309 Å². The highest BCUT2D eigenvalue weighted by molar-refractivity contribution is 6.22. The lowest BCUT2D eigenvalue weighted by molar-refractivity contribution is 0.632. The molecule has 1 aromatic heterocycles. The standard InChI is InChI=1S/C52H34O/c1-5-17-35(18-6-1)48-43-27-13-14-28-44(43)49(36-19-7-2-8-20-36)46-34-40(31-32-45(46)48)39-25-15-26-41(33-39)42-29-16-30-47-51(42)50(37-21-9-3-10-22-37)52(53-47)38-23-11-4-12-24-38/h1-34H. The van der Waals surface area contributed by atoms with Gasteiger partial charge in [-0.2, -0.15) is 0 Å². The van der Waals surface area contributed by atoms with Gasteiger partial charge in [-0.1, -0.05) is 188 Å². The van der Waals surface area contributed by atoms with Gasteiger partial charge in [-0.15, -0.1) is 0 Å². The second-order valence-electron chi connectivity index (χ2n) is 13.6. The molecule has 0 saturated carbocycles. The summed E-state index contributed by atoms with van der Waals surface area (Å²) in [6, 6.07) is 74.0. The lowest BCUT2D eigenvalue weighted by atomic mass is 9.84. The van der Waals surface area contributed by atoms with Crippen LogP contribution in [0.4, 0.5) is 0 Å². The van der Waals surface area contributed by atoms with Crippen molar-refractivity contribution in [2.45, 2.75) is 0 Å². The molecule has 10 rings (SSSR count). The zero-order valence-corrected chi connectivity index (χ0v) is 29.0. The summed E-state index contributed by atoms with van der Waals surface area (Å²) in [7, 11) is 0. The molecule has 1 heterocycles. The third-order valence-electron chi connectivity index (χ3n) is 10.5. The minimum Gasteiger partial charge on any atom is -0.455 e.